The predicted octanol–water partition coefficient (Wildman–Crippen LogP) is 1.76. The second-order valence-electron chi connectivity index (χ2n) is 3.92. The molecule has 0 amide bonds. The number of sulfonamides is 1. The van der Waals surface area contributed by atoms with Crippen LogP contribution in [-0.2, 0) is 10.0 Å². The van der Waals surface area contributed by atoms with Crippen LogP contribution in [0.3, 0.4) is 0 Å². The molecular weight excluding hydrogens is 264 g/mol. The molecule has 0 aliphatic heterocycles. The average molecular weight is 274 g/mol. The first kappa shape index (κ1) is 11.7. The molecule has 2 N–H and O–H groups in total. The quantitative estimate of drug-likeness (QED) is 0.761. The van der Waals surface area contributed by atoms with Crippen molar-refractivity contribution in [3.8, 4) is 0 Å². The average Bonchev–Trinajstić information content (AvgIpc) is 2.93. The van der Waals surface area contributed by atoms with Crippen LogP contribution < -0.4 is 4.72 Å². The van der Waals surface area contributed by atoms with Gasteiger partial charge in [0, 0.05) is 17.8 Å². The van der Waals surface area contributed by atoms with Crippen LogP contribution >= 0.6 is 0 Å². The SMILES string of the molecule is O=S(=O)(Nc1cccc2ncccc12)c1cn[nH]c1. The molecule has 2 aromatic heterocycles. The number of H-pyrrole nitrogens is 1. The molecule has 0 saturated carbocycles. The molecule has 96 valence electrons. The number of aromatic nitrogens is 3. The molecule has 0 atom stereocenters. The van der Waals surface area contributed by atoms with Crippen molar-refractivity contribution in [3.63, 3.8) is 0 Å². The van der Waals surface area contributed by atoms with Crippen LogP contribution in [0.25, 0.3) is 10.9 Å². The van der Waals surface area contributed by atoms with E-state index in [0.717, 1.165) is 10.9 Å². The highest BCUT2D eigenvalue weighted by Crippen LogP contribution is 2.23. The van der Waals surface area contributed by atoms with Crippen molar-refractivity contribution >= 4 is 26.6 Å². The minimum atomic E-state index is -3.63. The van der Waals surface area contributed by atoms with Gasteiger partial charge in [-0.1, -0.05) is 6.07 Å². The summed E-state index contributed by atoms with van der Waals surface area (Å²) < 4.78 is 26.8. The van der Waals surface area contributed by atoms with Crippen LogP contribution in [0, 0.1) is 0 Å². The Bertz CT molecular complexity index is 807. The van der Waals surface area contributed by atoms with Crippen molar-refractivity contribution in [2.24, 2.45) is 0 Å². The van der Waals surface area contributed by atoms with Gasteiger partial charge in [0.1, 0.15) is 4.90 Å². The number of fused-ring (bicyclic) bond motifs is 1. The van der Waals surface area contributed by atoms with Gasteiger partial charge in [-0.3, -0.25) is 14.8 Å². The lowest BCUT2D eigenvalue weighted by atomic mass is 10.2. The Labute approximate surface area is 109 Å². The van der Waals surface area contributed by atoms with E-state index in [2.05, 4.69) is 19.9 Å². The topological polar surface area (TPSA) is 87.7 Å². The fraction of sp³-hybridized carbons (Fsp3) is 0. The first-order valence-corrected chi connectivity index (χ1v) is 7.00. The molecule has 19 heavy (non-hydrogen) atoms. The summed E-state index contributed by atoms with van der Waals surface area (Å²) in [5.74, 6) is 0. The van der Waals surface area contributed by atoms with Crippen molar-refractivity contribution in [2.45, 2.75) is 4.90 Å². The summed E-state index contributed by atoms with van der Waals surface area (Å²) in [5.41, 5.74) is 1.22. The molecule has 3 aromatic rings. The van der Waals surface area contributed by atoms with Crippen LogP contribution in [0.5, 0.6) is 0 Å². The minimum Gasteiger partial charge on any atom is -0.284 e. The van der Waals surface area contributed by atoms with Gasteiger partial charge in [0.2, 0.25) is 0 Å². The van der Waals surface area contributed by atoms with Gasteiger partial charge in [-0.05, 0) is 24.3 Å². The maximum Gasteiger partial charge on any atom is 0.265 e. The molecule has 6 nitrogen and oxygen atoms in total. The van der Waals surface area contributed by atoms with Crippen molar-refractivity contribution in [1.82, 2.24) is 15.2 Å². The number of rotatable bonds is 3. The number of anilines is 1. The number of pyridine rings is 1. The lowest BCUT2D eigenvalue weighted by molar-refractivity contribution is 0.601. The summed E-state index contributed by atoms with van der Waals surface area (Å²) in [6.07, 6.45) is 4.24. The van der Waals surface area contributed by atoms with Crippen LogP contribution in [0.1, 0.15) is 0 Å². The largest absolute Gasteiger partial charge is 0.284 e. The zero-order valence-electron chi connectivity index (χ0n) is 9.74. The minimum absolute atomic E-state index is 0.0911. The van der Waals surface area contributed by atoms with Gasteiger partial charge in [-0.15, -0.1) is 0 Å². The van der Waals surface area contributed by atoms with Crippen LogP contribution in [0.2, 0.25) is 0 Å². The van der Waals surface area contributed by atoms with Crippen LogP contribution in [0.4, 0.5) is 5.69 Å². The normalized spacial score (nSPS) is 11.6. The summed E-state index contributed by atoms with van der Waals surface area (Å²) in [7, 11) is -3.63. The lowest BCUT2D eigenvalue weighted by Gasteiger charge is -2.08. The Morgan fingerprint density at radius 3 is 2.84 bits per heavy atom. The number of nitrogens with zero attached hydrogens (tertiary/aromatic N) is 2. The molecule has 3 rings (SSSR count). The molecule has 1 aromatic carbocycles. The van der Waals surface area contributed by atoms with Gasteiger partial charge >= 0.3 is 0 Å². The maximum atomic E-state index is 12.1. The predicted molar refractivity (Wildman–Crippen MR) is 71.1 cm³/mol. The molecule has 0 aliphatic rings. The zero-order chi connectivity index (χ0) is 13.3. The van der Waals surface area contributed by atoms with E-state index in [1.807, 2.05) is 12.1 Å². The van der Waals surface area contributed by atoms with E-state index in [1.165, 1.54) is 12.4 Å². The number of hydrogen-bond acceptors (Lipinski definition) is 4. The first-order chi connectivity index (χ1) is 9.17. The highest BCUT2D eigenvalue weighted by Gasteiger charge is 2.16. The Hall–Kier alpha value is -2.41. The number of benzene rings is 1. The summed E-state index contributed by atoms with van der Waals surface area (Å²) in [6.45, 7) is 0. The number of nitrogens with one attached hydrogen (secondary N) is 2. The van der Waals surface area contributed by atoms with Crippen molar-refractivity contribution in [1.29, 1.82) is 0 Å². The van der Waals surface area contributed by atoms with E-state index < -0.39 is 10.0 Å². The fourth-order valence-corrected chi connectivity index (χ4v) is 2.77. The highest BCUT2D eigenvalue weighted by molar-refractivity contribution is 7.92. The van der Waals surface area contributed by atoms with Crippen molar-refractivity contribution < 1.29 is 8.42 Å². The summed E-state index contributed by atoms with van der Waals surface area (Å²) in [6, 6.07) is 8.85. The van der Waals surface area contributed by atoms with Gasteiger partial charge in [0.05, 0.1) is 17.4 Å². The molecule has 2 heterocycles. The van der Waals surface area contributed by atoms with E-state index in [1.54, 1.807) is 24.4 Å². The van der Waals surface area contributed by atoms with Crippen molar-refractivity contribution in [2.75, 3.05) is 4.72 Å². The smallest absolute Gasteiger partial charge is 0.265 e. The summed E-state index contributed by atoms with van der Waals surface area (Å²) in [4.78, 5) is 4.27. The van der Waals surface area contributed by atoms with E-state index in [9.17, 15) is 8.42 Å². The van der Waals surface area contributed by atoms with Crippen LogP contribution in [-0.4, -0.2) is 23.6 Å². The van der Waals surface area contributed by atoms with E-state index in [4.69, 9.17) is 0 Å². The Balaban J connectivity index is 2.07. The molecule has 0 unspecified atom stereocenters. The van der Waals surface area contributed by atoms with Crippen LogP contribution in [0.15, 0.2) is 53.8 Å². The van der Waals surface area contributed by atoms with E-state index >= 15 is 0 Å². The van der Waals surface area contributed by atoms with Gasteiger partial charge in [-0.2, -0.15) is 5.10 Å². The molecule has 0 bridgehead atoms. The third kappa shape index (κ3) is 2.15. The molecule has 0 radical (unpaired) electrons. The first-order valence-electron chi connectivity index (χ1n) is 5.52. The second-order valence-corrected chi connectivity index (χ2v) is 5.60. The maximum absolute atomic E-state index is 12.1. The molecule has 0 fully saturated rings. The molecular formula is C12H10N4O2S. The fourth-order valence-electron chi connectivity index (χ4n) is 1.78. The lowest BCUT2D eigenvalue weighted by Crippen LogP contribution is -2.12. The Morgan fingerprint density at radius 2 is 2.05 bits per heavy atom. The monoisotopic (exact) mass is 274 g/mol. The highest BCUT2D eigenvalue weighted by atomic mass is 32.2. The standard InChI is InChI=1S/C12H10N4O2S/c17-19(18,9-7-14-15-8-9)16-12-5-1-4-11-10(12)3-2-6-13-11/h1-8,16H,(H,14,15). The zero-order valence-corrected chi connectivity index (χ0v) is 10.6. The van der Waals surface area contributed by atoms with Crippen molar-refractivity contribution in [3.05, 3.63) is 48.9 Å². The Kier molecular flexibility index (Phi) is 2.68. The summed E-state index contributed by atoms with van der Waals surface area (Å²) in [5, 5.41) is 6.86. The van der Waals surface area contributed by atoms with E-state index in [-0.39, 0.29) is 4.90 Å². The summed E-state index contributed by atoms with van der Waals surface area (Å²) >= 11 is 0. The van der Waals surface area contributed by atoms with Gasteiger partial charge in [-0.25, -0.2) is 8.42 Å². The van der Waals surface area contributed by atoms with Gasteiger partial charge in [0.15, 0.2) is 0 Å². The Morgan fingerprint density at radius 1 is 1.16 bits per heavy atom. The molecule has 0 spiro atoms. The molecule has 0 saturated heterocycles. The van der Waals surface area contributed by atoms with Gasteiger partial charge < -0.3 is 0 Å². The number of aromatic amines is 1. The third-order valence-corrected chi connectivity index (χ3v) is 4.01. The third-order valence-electron chi connectivity index (χ3n) is 2.67. The van der Waals surface area contributed by atoms with Gasteiger partial charge in [0.25, 0.3) is 10.0 Å². The molecule has 7 heteroatoms. The second kappa shape index (κ2) is 4.36. The molecule has 0 aliphatic carbocycles. The van der Waals surface area contributed by atoms with E-state index in [0.29, 0.717) is 5.69 Å². The number of hydrogen-bond donors (Lipinski definition) is 2.